The monoisotopic (exact) mass is 333 g/mol. The van der Waals surface area contributed by atoms with Crippen LogP contribution in [0.3, 0.4) is 0 Å². The second kappa shape index (κ2) is 7.97. The van der Waals surface area contributed by atoms with Crippen molar-refractivity contribution in [3.05, 3.63) is 34.8 Å². The van der Waals surface area contributed by atoms with E-state index in [2.05, 4.69) is 41.2 Å². The van der Waals surface area contributed by atoms with E-state index in [1.807, 2.05) is 19.1 Å². The molecule has 0 spiro atoms. The second-order valence-corrected chi connectivity index (χ2v) is 6.19. The van der Waals surface area contributed by atoms with Gasteiger partial charge in [0.25, 0.3) is 0 Å². The van der Waals surface area contributed by atoms with E-state index in [4.69, 9.17) is 0 Å². The van der Waals surface area contributed by atoms with Gasteiger partial charge in [0.15, 0.2) is 5.13 Å². The van der Waals surface area contributed by atoms with E-state index in [0.717, 1.165) is 25.2 Å². The summed E-state index contributed by atoms with van der Waals surface area (Å²) in [6.07, 6.45) is 1.56. The van der Waals surface area contributed by atoms with Crippen LogP contribution in [-0.4, -0.2) is 29.1 Å². The molecule has 6 heteroatoms. The van der Waals surface area contributed by atoms with E-state index in [1.165, 1.54) is 17.0 Å². The number of rotatable bonds is 8. The molecular formula is C17H23N3O2S. The van der Waals surface area contributed by atoms with Gasteiger partial charge in [-0.15, -0.1) is 0 Å². The van der Waals surface area contributed by atoms with Gasteiger partial charge in [-0.05, 0) is 44.5 Å². The maximum atomic E-state index is 11.3. The molecule has 0 aliphatic heterocycles. The van der Waals surface area contributed by atoms with Gasteiger partial charge in [-0.2, -0.15) is 0 Å². The lowest BCUT2D eigenvalue weighted by Crippen LogP contribution is -2.21. The Balaban J connectivity index is 2.16. The van der Waals surface area contributed by atoms with Crippen molar-refractivity contribution in [2.24, 2.45) is 0 Å². The zero-order valence-electron chi connectivity index (χ0n) is 13.8. The summed E-state index contributed by atoms with van der Waals surface area (Å²) in [6.45, 7) is 8.22. The smallest absolute Gasteiger partial charge is 0.347 e. The Morgan fingerprint density at radius 2 is 1.87 bits per heavy atom. The quantitative estimate of drug-likeness (QED) is 0.750. The first-order valence-corrected chi connectivity index (χ1v) is 8.75. The van der Waals surface area contributed by atoms with E-state index >= 15 is 0 Å². The second-order valence-electron chi connectivity index (χ2n) is 5.19. The Morgan fingerprint density at radius 3 is 2.39 bits per heavy atom. The Labute approximate surface area is 141 Å². The first-order valence-electron chi connectivity index (χ1n) is 7.94. The largest absolute Gasteiger partial charge is 0.477 e. The summed E-state index contributed by atoms with van der Waals surface area (Å²) in [6, 6.07) is 8.12. The van der Waals surface area contributed by atoms with E-state index in [-0.39, 0.29) is 0 Å². The predicted molar refractivity (Wildman–Crippen MR) is 96.4 cm³/mol. The van der Waals surface area contributed by atoms with Crippen LogP contribution in [0, 0.1) is 0 Å². The summed E-state index contributed by atoms with van der Waals surface area (Å²) in [5.41, 5.74) is 2.75. The molecule has 2 aromatic rings. The molecule has 0 atom stereocenters. The zero-order chi connectivity index (χ0) is 16.8. The van der Waals surface area contributed by atoms with Crippen molar-refractivity contribution < 1.29 is 9.90 Å². The standard InChI is InChI=1S/C17H23N3O2S/c1-4-7-14-15(16(21)22)23-17(19-14)18-12-8-10-13(11-9-12)20(5-2)6-3/h8-11H,4-7H2,1-3H3,(H,18,19)(H,21,22). The molecule has 0 radical (unpaired) electrons. The minimum atomic E-state index is -0.907. The van der Waals surface area contributed by atoms with Gasteiger partial charge in [0.2, 0.25) is 0 Å². The van der Waals surface area contributed by atoms with E-state index in [1.54, 1.807) is 0 Å². The highest BCUT2D eigenvalue weighted by Gasteiger charge is 2.16. The first-order chi connectivity index (χ1) is 11.1. The Kier molecular flexibility index (Phi) is 5.98. The maximum absolute atomic E-state index is 11.3. The highest BCUT2D eigenvalue weighted by Crippen LogP contribution is 2.28. The summed E-state index contributed by atoms with van der Waals surface area (Å²) in [4.78, 5) is 18.3. The van der Waals surface area contributed by atoms with Crippen LogP contribution in [0.25, 0.3) is 0 Å². The maximum Gasteiger partial charge on any atom is 0.347 e. The van der Waals surface area contributed by atoms with Crippen molar-refractivity contribution in [3.8, 4) is 0 Å². The van der Waals surface area contributed by atoms with Crippen molar-refractivity contribution in [2.75, 3.05) is 23.3 Å². The van der Waals surface area contributed by atoms with E-state index in [9.17, 15) is 9.90 Å². The number of aromatic nitrogens is 1. The summed E-state index contributed by atoms with van der Waals surface area (Å²) in [5, 5.41) is 13.1. The summed E-state index contributed by atoms with van der Waals surface area (Å²) in [5.74, 6) is -0.907. The molecule has 0 saturated carbocycles. The minimum absolute atomic E-state index is 0.328. The zero-order valence-corrected chi connectivity index (χ0v) is 14.6. The van der Waals surface area contributed by atoms with Crippen LogP contribution in [-0.2, 0) is 6.42 Å². The lowest BCUT2D eigenvalue weighted by molar-refractivity contribution is 0.0700. The average Bonchev–Trinajstić information content (AvgIpc) is 2.93. The average molecular weight is 333 g/mol. The normalized spacial score (nSPS) is 10.6. The molecule has 2 rings (SSSR count). The van der Waals surface area contributed by atoms with Crippen LogP contribution in [0.15, 0.2) is 24.3 Å². The molecule has 1 heterocycles. The number of nitrogens with zero attached hydrogens (tertiary/aromatic N) is 2. The van der Waals surface area contributed by atoms with Crippen LogP contribution in [0.1, 0.15) is 42.6 Å². The molecule has 0 saturated heterocycles. The molecule has 2 N–H and O–H groups in total. The predicted octanol–water partition coefficient (Wildman–Crippen LogP) is 4.38. The number of benzene rings is 1. The van der Waals surface area contributed by atoms with Crippen molar-refractivity contribution in [1.29, 1.82) is 0 Å². The molecule has 1 aromatic heterocycles. The van der Waals surface area contributed by atoms with Crippen LogP contribution >= 0.6 is 11.3 Å². The Hall–Kier alpha value is -2.08. The van der Waals surface area contributed by atoms with E-state index in [0.29, 0.717) is 22.1 Å². The molecule has 0 unspecified atom stereocenters. The van der Waals surface area contributed by atoms with Crippen molar-refractivity contribution in [2.45, 2.75) is 33.6 Å². The van der Waals surface area contributed by atoms with Gasteiger partial charge in [-0.3, -0.25) is 0 Å². The third kappa shape index (κ3) is 4.22. The number of aryl methyl sites for hydroxylation is 1. The van der Waals surface area contributed by atoms with Crippen LogP contribution in [0.5, 0.6) is 0 Å². The topological polar surface area (TPSA) is 65.5 Å². The summed E-state index contributed by atoms with van der Waals surface area (Å²) in [7, 11) is 0. The van der Waals surface area contributed by atoms with Gasteiger partial charge in [0.1, 0.15) is 4.88 Å². The molecule has 0 aliphatic carbocycles. The Bertz CT molecular complexity index is 648. The van der Waals surface area contributed by atoms with Gasteiger partial charge in [0, 0.05) is 24.5 Å². The number of thiazole rings is 1. The summed E-state index contributed by atoms with van der Waals surface area (Å²) < 4.78 is 0. The molecule has 23 heavy (non-hydrogen) atoms. The van der Waals surface area contributed by atoms with Crippen molar-refractivity contribution >= 4 is 33.8 Å². The minimum Gasteiger partial charge on any atom is -0.477 e. The summed E-state index contributed by atoms with van der Waals surface area (Å²) >= 11 is 1.19. The molecule has 1 aromatic carbocycles. The van der Waals surface area contributed by atoms with Gasteiger partial charge in [0.05, 0.1) is 5.69 Å². The van der Waals surface area contributed by atoms with Gasteiger partial charge in [-0.1, -0.05) is 24.7 Å². The van der Waals surface area contributed by atoms with Gasteiger partial charge >= 0.3 is 5.97 Å². The van der Waals surface area contributed by atoms with Crippen LogP contribution in [0.4, 0.5) is 16.5 Å². The lowest BCUT2D eigenvalue weighted by atomic mass is 10.2. The molecule has 0 amide bonds. The number of hydrogen-bond donors (Lipinski definition) is 2. The van der Waals surface area contributed by atoms with Crippen LogP contribution in [0.2, 0.25) is 0 Å². The van der Waals surface area contributed by atoms with Gasteiger partial charge < -0.3 is 15.3 Å². The SMILES string of the molecule is CCCc1nc(Nc2ccc(N(CC)CC)cc2)sc1C(=O)O. The molecule has 0 fully saturated rings. The lowest BCUT2D eigenvalue weighted by Gasteiger charge is -2.21. The molecule has 124 valence electrons. The molecule has 0 aliphatic rings. The fraction of sp³-hybridized carbons (Fsp3) is 0.412. The third-order valence-corrected chi connectivity index (χ3v) is 4.63. The van der Waals surface area contributed by atoms with Crippen molar-refractivity contribution in [1.82, 2.24) is 4.98 Å². The number of carbonyl (C=O) groups is 1. The number of carboxylic acid groups (broad SMARTS) is 1. The molecule has 5 nitrogen and oxygen atoms in total. The Morgan fingerprint density at radius 1 is 1.22 bits per heavy atom. The molecule has 0 bridgehead atoms. The van der Waals surface area contributed by atoms with Crippen LogP contribution < -0.4 is 10.2 Å². The highest BCUT2D eigenvalue weighted by atomic mass is 32.1. The fourth-order valence-corrected chi connectivity index (χ4v) is 3.32. The number of aromatic carboxylic acids is 1. The first kappa shape index (κ1) is 17.3. The molecular weight excluding hydrogens is 310 g/mol. The number of nitrogens with one attached hydrogen (secondary N) is 1. The van der Waals surface area contributed by atoms with E-state index < -0.39 is 5.97 Å². The fourth-order valence-electron chi connectivity index (χ4n) is 2.45. The number of hydrogen-bond acceptors (Lipinski definition) is 5. The third-order valence-electron chi connectivity index (χ3n) is 3.63. The highest BCUT2D eigenvalue weighted by molar-refractivity contribution is 7.17. The number of anilines is 3. The number of carboxylic acids is 1. The van der Waals surface area contributed by atoms with Crippen molar-refractivity contribution in [3.63, 3.8) is 0 Å². The van der Waals surface area contributed by atoms with Gasteiger partial charge in [-0.25, -0.2) is 9.78 Å².